The van der Waals surface area contributed by atoms with Gasteiger partial charge in [-0.1, -0.05) is 0 Å². The zero-order chi connectivity index (χ0) is 14.4. The van der Waals surface area contributed by atoms with E-state index in [-0.39, 0.29) is 0 Å². The molecule has 2 N–H and O–H groups in total. The lowest BCUT2D eigenvalue weighted by atomic mass is 10.0. The fourth-order valence-corrected chi connectivity index (χ4v) is 3.03. The van der Waals surface area contributed by atoms with E-state index in [1.54, 1.807) is 0 Å². The van der Waals surface area contributed by atoms with Gasteiger partial charge in [0.25, 0.3) is 0 Å². The van der Waals surface area contributed by atoms with Crippen LogP contribution in [0.2, 0.25) is 0 Å². The minimum absolute atomic E-state index is 0.682. The van der Waals surface area contributed by atoms with Crippen molar-refractivity contribution in [1.82, 2.24) is 19.4 Å². The first-order chi connectivity index (χ1) is 9.70. The third kappa shape index (κ3) is 4.30. The molecule has 5 heteroatoms. The van der Waals surface area contributed by atoms with Crippen molar-refractivity contribution in [2.75, 3.05) is 40.3 Å². The molecular weight excluding hydrogens is 250 g/mol. The SMILES string of the molecule is CN(C)C1CCN(CCCc2nccn2CCN)CC1. The number of aryl methyl sites for hydroxylation is 1. The molecule has 0 atom stereocenters. The summed E-state index contributed by atoms with van der Waals surface area (Å²) in [6, 6.07) is 0.773. The molecule has 0 bridgehead atoms. The molecule has 2 heterocycles. The second kappa shape index (κ2) is 7.76. The molecule has 0 aliphatic carbocycles. The Balaban J connectivity index is 1.68. The van der Waals surface area contributed by atoms with E-state index in [0.29, 0.717) is 6.54 Å². The first kappa shape index (κ1) is 15.5. The molecule has 1 saturated heterocycles. The first-order valence-corrected chi connectivity index (χ1v) is 7.79. The zero-order valence-electron chi connectivity index (χ0n) is 13.0. The van der Waals surface area contributed by atoms with E-state index in [1.807, 2.05) is 12.4 Å². The van der Waals surface area contributed by atoms with Crippen LogP contribution in [0.25, 0.3) is 0 Å². The number of hydrogen-bond acceptors (Lipinski definition) is 4. The molecule has 1 aliphatic rings. The minimum atomic E-state index is 0.682. The van der Waals surface area contributed by atoms with E-state index in [0.717, 1.165) is 19.0 Å². The van der Waals surface area contributed by atoms with E-state index >= 15 is 0 Å². The van der Waals surface area contributed by atoms with Gasteiger partial charge >= 0.3 is 0 Å². The summed E-state index contributed by atoms with van der Waals surface area (Å²) >= 11 is 0. The van der Waals surface area contributed by atoms with Gasteiger partial charge in [0.1, 0.15) is 5.82 Å². The minimum Gasteiger partial charge on any atom is -0.334 e. The molecule has 0 unspecified atom stereocenters. The molecule has 114 valence electrons. The van der Waals surface area contributed by atoms with Gasteiger partial charge in [-0.25, -0.2) is 4.98 Å². The summed E-state index contributed by atoms with van der Waals surface area (Å²) in [5, 5.41) is 0. The quantitative estimate of drug-likeness (QED) is 0.802. The molecule has 1 aliphatic heterocycles. The fourth-order valence-electron chi connectivity index (χ4n) is 3.03. The highest BCUT2D eigenvalue weighted by atomic mass is 15.2. The zero-order valence-corrected chi connectivity index (χ0v) is 13.0. The number of aromatic nitrogens is 2. The molecule has 0 spiro atoms. The number of rotatable bonds is 7. The fraction of sp³-hybridized carbons (Fsp3) is 0.800. The molecule has 0 aromatic carbocycles. The van der Waals surface area contributed by atoms with Gasteiger partial charge in [0, 0.05) is 37.9 Å². The van der Waals surface area contributed by atoms with Crippen LogP contribution in [0, 0.1) is 0 Å². The standard InChI is InChI=1S/C15H29N5/c1-18(2)14-5-10-19(11-6-14)9-3-4-15-17-8-13-20(15)12-7-16/h8,13-14H,3-7,9-12,16H2,1-2H3. The highest BCUT2D eigenvalue weighted by molar-refractivity contribution is 4.93. The van der Waals surface area contributed by atoms with Gasteiger partial charge in [-0.15, -0.1) is 0 Å². The lowest BCUT2D eigenvalue weighted by Crippen LogP contribution is -2.42. The summed E-state index contributed by atoms with van der Waals surface area (Å²) in [4.78, 5) is 9.39. The maximum absolute atomic E-state index is 5.61. The summed E-state index contributed by atoms with van der Waals surface area (Å²) in [6.45, 7) is 5.22. The van der Waals surface area contributed by atoms with E-state index in [2.05, 4.69) is 33.4 Å². The molecule has 2 rings (SSSR count). The third-order valence-electron chi connectivity index (χ3n) is 4.33. The van der Waals surface area contributed by atoms with E-state index < -0.39 is 0 Å². The van der Waals surface area contributed by atoms with Crippen LogP contribution in [-0.4, -0.2) is 65.7 Å². The number of imidazole rings is 1. The number of likely N-dealkylation sites (tertiary alicyclic amines) is 1. The summed E-state index contributed by atoms with van der Waals surface area (Å²) < 4.78 is 2.18. The van der Waals surface area contributed by atoms with Crippen molar-refractivity contribution in [3.05, 3.63) is 18.2 Å². The Morgan fingerprint density at radius 2 is 2.05 bits per heavy atom. The van der Waals surface area contributed by atoms with Crippen LogP contribution < -0.4 is 5.73 Å². The lowest BCUT2D eigenvalue weighted by Gasteiger charge is -2.35. The molecule has 0 amide bonds. The van der Waals surface area contributed by atoms with E-state index in [1.165, 1.54) is 44.7 Å². The highest BCUT2D eigenvalue weighted by Gasteiger charge is 2.20. The van der Waals surface area contributed by atoms with Crippen molar-refractivity contribution in [3.8, 4) is 0 Å². The van der Waals surface area contributed by atoms with Gasteiger partial charge in [0.05, 0.1) is 0 Å². The Morgan fingerprint density at radius 1 is 1.30 bits per heavy atom. The predicted octanol–water partition coefficient (Wildman–Crippen LogP) is 0.800. The number of piperidine rings is 1. The molecule has 20 heavy (non-hydrogen) atoms. The predicted molar refractivity (Wildman–Crippen MR) is 82.8 cm³/mol. The topological polar surface area (TPSA) is 50.3 Å². The van der Waals surface area contributed by atoms with Crippen molar-refractivity contribution in [1.29, 1.82) is 0 Å². The Hall–Kier alpha value is -0.910. The van der Waals surface area contributed by atoms with Crippen LogP contribution in [0.1, 0.15) is 25.1 Å². The molecule has 1 fully saturated rings. The molecular formula is C15H29N5. The smallest absolute Gasteiger partial charge is 0.108 e. The van der Waals surface area contributed by atoms with Gasteiger partial charge in [0.2, 0.25) is 0 Å². The Kier molecular flexibility index (Phi) is 6.01. The van der Waals surface area contributed by atoms with Gasteiger partial charge in [-0.05, 0) is 53.0 Å². The van der Waals surface area contributed by atoms with E-state index in [4.69, 9.17) is 5.73 Å². The van der Waals surface area contributed by atoms with Gasteiger partial charge < -0.3 is 20.1 Å². The summed E-state index contributed by atoms with van der Waals surface area (Å²) in [5.74, 6) is 1.18. The van der Waals surface area contributed by atoms with Crippen LogP contribution in [-0.2, 0) is 13.0 Å². The second-order valence-electron chi connectivity index (χ2n) is 5.97. The summed E-state index contributed by atoms with van der Waals surface area (Å²) in [7, 11) is 4.38. The Bertz CT molecular complexity index is 379. The average molecular weight is 279 g/mol. The monoisotopic (exact) mass is 279 g/mol. The van der Waals surface area contributed by atoms with Crippen molar-refractivity contribution in [2.45, 2.75) is 38.3 Å². The van der Waals surface area contributed by atoms with Crippen LogP contribution in [0.15, 0.2) is 12.4 Å². The molecule has 1 aromatic heterocycles. The number of nitrogens with two attached hydrogens (primary N) is 1. The van der Waals surface area contributed by atoms with Crippen LogP contribution in [0.5, 0.6) is 0 Å². The van der Waals surface area contributed by atoms with Crippen LogP contribution >= 0.6 is 0 Å². The van der Waals surface area contributed by atoms with E-state index in [9.17, 15) is 0 Å². The number of nitrogens with zero attached hydrogens (tertiary/aromatic N) is 4. The largest absolute Gasteiger partial charge is 0.334 e. The molecule has 5 nitrogen and oxygen atoms in total. The second-order valence-corrected chi connectivity index (χ2v) is 5.97. The summed E-state index contributed by atoms with van der Waals surface area (Å²) in [6.07, 6.45) is 8.76. The Labute approximate surface area is 122 Å². The summed E-state index contributed by atoms with van der Waals surface area (Å²) in [5.41, 5.74) is 5.61. The van der Waals surface area contributed by atoms with Gasteiger partial charge in [0.15, 0.2) is 0 Å². The average Bonchev–Trinajstić information content (AvgIpc) is 2.87. The number of hydrogen-bond donors (Lipinski definition) is 1. The van der Waals surface area contributed by atoms with Crippen molar-refractivity contribution >= 4 is 0 Å². The van der Waals surface area contributed by atoms with Gasteiger partial charge in [-0.2, -0.15) is 0 Å². The Morgan fingerprint density at radius 3 is 2.70 bits per heavy atom. The normalized spacial score (nSPS) is 18.0. The molecule has 1 aromatic rings. The van der Waals surface area contributed by atoms with Crippen LogP contribution in [0.4, 0.5) is 0 Å². The first-order valence-electron chi connectivity index (χ1n) is 7.79. The maximum Gasteiger partial charge on any atom is 0.108 e. The molecule has 0 radical (unpaired) electrons. The lowest BCUT2D eigenvalue weighted by molar-refractivity contribution is 0.144. The third-order valence-corrected chi connectivity index (χ3v) is 4.33. The molecule has 0 saturated carbocycles. The van der Waals surface area contributed by atoms with Crippen molar-refractivity contribution < 1.29 is 0 Å². The van der Waals surface area contributed by atoms with Crippen LogP contribution in [0.3, 0.4) is 0 Å². The maximum atomic E-state index is 5.61. The van der Waals surface area contributed by atoms with Gasteiger partial charge in [-0.3, -0.25) is 0 Å². The highest BCUT2D eigenvalue weighted by Crippen LogP contribution is 2.14. The van der Waals surface area contributed by atoms with Crippen molar-refractivity contribution in [3.63, 3.8) is 0 Å². The van der Waals surface area contributed by atoms with Crippen molar-refractivity contribution in [2.24, 2.45) is 5.73 Å².